The van der Waals surface area contributed by atoms with E-state index in [1.807, 2.05) is 6.92 Å². The Morgan fingerprint density at radius 3 is 2.38 bits per heavy atom. The van der Waals surface area contributed by atoms with Gasteiger partial charge in [-0.3, -0.25) is 9.59 Å². The highest BCUT2D eigenvalue weighted by Crippen LogP contribution is 2.15. The van der Waals surface area contributed by atoms with Gasteiger partial charge in [-0.25, -0.2) is 0 Å². The number of hydrogen-bond donors (Lipinski definition) is 2. The second-order valence-corrected chi connectivity index (χ2v) is 5.21. The molecule has 0 saturated carbocycles. The average molecular weight is 292 g/mol. The van der Waals surface area contributed by atoms with Gasteiger partial charge >= 0.3 is 0 Å². The van der Waals surface area contributed by atoms with Gasteiger partial charge in [-0.05, 0) is 43.5 Å². The van der Waals surface area contributed by atoms with Crippen LogP contribution < -0.4 is 15.4 Å². The van der Waals surface area contributed by atoms with Gasteiger partial charge in [0.15, 0.2) is 0 Å². The lowest BCUT2D eigenvalue weighted by Crippen LogP contribution is -2.32. The monoisotopic (exact) mass is 292 g/mol. The Hall–Kier alpha value is -2.04. The van der Waals surface area contributed by atoms with E-state index < -0.39 is 0 Å². The van der Waals surface area contributed by atoms with Crippen LogP contribution in [0.1, 0.15) is 33.6 Å². The summed E-state index contributed by atoms with van der Waals surface area (Å²) in [5.41, 5.74) is 0.680. The van der Waals surface area contributed by atoms with Crippen LogP contribution in [0.3, 0.4) is 0 Å². The highest BCUT2D eigenvalue weighted by molar-refractivity contribution is 5.94. The highest BCUT2D eigenvalue weighted by Gasteiger charge is 2.07. The Bertz CT molecular complexity index is 455. The minimum absolute atomic E-state index is 0.00978. The van der Waals surface area contributed by atoms with Crippen molar-refractivity contribution in [3.05, 3.63) is 24.3 Å². The van der Waals surface area contributed by atoms with E-state index in [0.717, 1.165) is 12.2 Å². The van der Waals surface area contributed by atoms with Gasteiger partial charge < -0.3 is 15.4 Å². The van der Waals surface area contributed by atoms with Gasteiger partial charge in [0, 0.05) is 12.1 Å². The van der Waals surface area contributed by atoms with E-state index in [4.69, 9.17) is 4.74 Å². The Morgan fingerprint density at radius 1 is 1.14 bits per heavy atom. The van der Waals surface area contributed by atoms with Gasteiger partial charge in [0.05, 0.1) is 13.2 Å². The highest BCUT2D eigenvalue weighted by atomic mass is 16.5. The molecule has 5 heteroatoms. The molecule has 2 amide bonds. The molecule has 2 N–H and O–H groups in total. The zero-order valence-electron chi connectivity index (χ0n) is 12.9. The number of hydrogen-bond acceptors (Lipinski definition) is 3. The van der Waals surface area contributed by atoms with Gasteiger partial charge in [0.2, 0.25) is 11.8 Å². The molecule has 0 aliphatic carbocycles. The lowest BCUT2D eigenvalue weighted by atomic mass is 10.1. The first kappa shape index (κ1) is 17.0. The second-order valence-electron chi connectivity index (χ2n) is 5.21. The molecule has 0 aliphatic heterocycles. The molecular formula is C16H24N2O3. The van der Waals surface area contributed by atoms with E-state index in [-0.39, 0.29) is 18.4 Å². The molecule has 0 spiro atoms. The molecule has 0 bridgehead atoms. The standard InChI is InChI=1S/C16H24N2O3/c1-4-21-14-8-6-13(7-9-14)18-16(20)11-17-15(19)10-5-12(2)3/h6-9,12H,4-5,10-11H2,1-3H3,(H,17,19)(H,18,20). The van der Waals surface area contributed by atoms with Gasteiger partial charge in [0.1, 0.15) is 5.75 Å². The summed E-state index contributed by atoms with van der Waals surface area (Å²) >= 11 is 0. The largest absolute Gasteiger partial charge is 0.494 e. The van der Waals surface area contributed by atoms with Crippen molar-refractivity contribution in [1.82, 2.24) is 5.32 Å². The van der Waals surface area contributed by atoms with Gasteiger partial charge in [-0.15, -0.1) is 0 Å². The molecule has 116 valence electrons. The zero-order valence-corrected chi connectivity index (χ0v) is 12.9. The maximum Gasteiger partial charge on any atom is 0.243 e. The molecule has 1 rings (SSSR count). The van der Waals surface area contributed by atoms with Crippen molar-refractivity contribution in [2.45, 2.75) is 33.6 Å². The van der Waals surface area contributed by atoms with Crippen LogP contribution in [0.15, 0.2) is 24.3 Å². The normalized spacial score (nSPS) is 10.3. The summed E-state index contributed by atoms with van der Waals surface area (Å²) in [6.07, 6.45) is 1.28. The van der Waals surface area contributed by atoms with Crippen molar-refractivity contribution in [1.29, 1.82) is 0 Å². The molecule has 1 aromatic rings. The molecule has 0 heterocycles. The summed E-state index contributed by atoms with van der Waals surface area (Å²) in [5.74, 6) is 0.911. The van der Waals surface area contributed by atoms with Crippen LogP contribution in [-0.2, 0) is 9.59 Å². The van der Waals surface area contributed by atoms with E-state index >= 15 is 0 Å². The van der Waals surface area contributed by atoms with Crippen molar-refractivity contribution in [2.75, 3.05) is 18.5 Å². The molecule has 1 aromatic carbocycles. The number of benzene rings is 1. The number of ether oxygens (including phenoxy) is 1. The van der Waals surface area contributed by atoms with E-state index in [9.17, 15) is 9.59 Å². The SMILES string of the molecule is CCOc1ccc(NC(=O)CNC(=O)CCC(C)C)cc1. The van der Waals surface area contributed by atoms with Crippen molar-refractivity contribution in [3.8, 4) is 5.75 Å². The summed E-state index contributed by atoms with van der Waals surface area (Å²) in [4.78, 5) is 23.2. The topological polar surface area (TPSA) is 67.4 Å². The molecule has 0 saturated heterocycles. The first-order chi connectivity index (χ1) is 10.0. The maximum atomic E-state index is 11.7. The summed E-state index contributed by atoms with van der Waals surface area (Å²) in [6, 6.07) is 7.12. The number of rotatable bonds is 8. The molecule has 0 aliphatic rings. The molecule has 0 atom stereocenters. The lowest BCUT2D eigenvalue weighted by molar-refractivity contribution is -0.124. The number of amides is 2. The Morgan fingerprint density at radius 2 is 1.81 bits per heavy atom. The van der Waals surface area contributed by atoms with Crippen molar-refractivity contribution in [3.63, 3.8) is 0 Å². The predicted molar refractivity (Wildman–Crippen MR) is 83.3 cm³/mol. The van der Waals surface area contributed by atoms with E-state index in [1.54, 1.807) is 24.3 Å². The molecule has 0 fully saturated rings. The second kappa shape index (κ2) is 9.00. The quantitative estimate of drug-likeness (QED) is 0.774. The summed E-state index contributed by atoms with van der Waals surface area (Å²) in [5, 5.41) is 5.34. The Labute approximate surface area is 126 Å². The zero-order chi connectivity index (χ0) is 15.7. The number of anilines is 1. The first-order valence-electron chi connectivity index (χ1n) is 7.30. The van der Waals surface area contributed by atoms with Gasteiger partial charge in [-0.1, -0.05) is 13.8 Å². The molecule has 0 aromatic heterocycles. The maximum absolute atomic E-state index is 11.7. The minimum atomic E-state index is -0.239. The third-order valence-electron chi connectivity index (χ3n) is 2.84. The summed E-state index contributed by atoms with van der Waals surface area (Å²) in [6.45, 7) is 6.63. The fraction of sp³-hybridized carbons (Fsp3) is 0.500. The van der Waals surface area contributed by atoms with E-state index in [1.165, 1.54) is 0 Å². The van der Waals surface area contributed by atoms with Crippen LogP contribution in [0.25, 0.3) is 0 Å². The third kappa shape index (κ3) is 7.34. The van der Waals surface area contributed by atoms with Crippen LogP contribution in [0, 0.1) is 5.92 Å². The average Bonchev–Trinajstić information content (AvgIpc) is 2.45. The van der Waals surface area contributed by atoms with Crippen LogP contribution in [0.2, 0.25) is 0 Å². The van der Waals surface area contributed by atoms with Crippen LogP contribution in [0.5, 0.6) is 5.75 Å². The van der Waals surface area contributed by atoms with E-state index in [2.05, 4.69) is 24.5 Å². The molecular weight excluding hydrogens is 268 g/mol. The van der Waals surface area contributed by atoms with Crippen molar-refractivity contribution >= 4 is 17.5 Å². The fourth-order valence-corrected chi connectivity index (χ4v) is 1.69. The Balaban J connectivity index is 2.31. The molecule has 5 nitrogen and oxygen atoms in total. The lowest BCUT2D eigenvalue weighted by Gasteiger charge is -2.09. The smallest absolute Gasteiger partial charge is 0.243 e. The predicted octanol–water partition coefficient (Wildman–Crippen LogP) is 2.58. The van der Waals surface area contributed by atoms with Crippen LogP contribution in [0.4, 0.5) is 5.69 Å². The Kier molecular flexibility index (Phi) is 7.29. The van der Waals surface area contributed by atoms with Crippen LogP contribution >= 0.6 is 0 Å². The number of carbonyl (C=O) groups is 2. The fourth-order valence-electron chi connectivity index (χ4n) is 1.69. The molecule has 0 unspecified atom stereocenters. The number of carbonyl (C=O) groups excluding carboxylic acids is 2. The van der Waals surface area contributed by atoms with E-state index in [0.29, 0.717) is 24.6 Å². The first-order valence-corrected chi connectivity index (χ1v) is 7.30. The van der Waals surface area contributed by atoms with Crippen molar-refractivity contribution in [2.24, 2.45) is 5.92 Å². The summed E-state index contributed by atoms with van der Waals surface area (Å²) in [7, 11) is 0. The molecule has 21 heavy (non-hydrogen) atoms. The number of nitrogens with one attached hydrogen (secondary N) is 2. The minimum Gasteiger partial charge on any atom is -0.494 e. The molecule has 0 radical (unpaired) electrons. The van der Waals surface area contributed by atoms with Crippen LogP contribution in [-0.4, -0.2) is 25.0 Å². The summed E-state index contributed by atoms with van der Waals surface area (Å²) < 4.78 is 5.32. The van der Waals surface area contributed by atoms with Gasteiger partial charge in [0.25, 0.3) is 0 Å². The van der Waals surface area contributed by atoms with Crippen molar-refractivity contribution < 1.29 is 14.3 Å². The third-order valence-corrected chi connectivity index (χ3v) is 2.84. The van der Waals surface area contributed by atoms with Gasteiger partial charge in [-0.2, -0.15) is 0 Å².